The number of fused-ring (bicyclic) bond motifs is 1. The Balaban J connectivity index is 1.70. The largest absolute Gasteiger partial charge is 0.480 e. The normalized spacial score (nSPS) is 16.3. The van der Waals surface area contributed by atoms with Gasteiger partial charge >= 0.3 is 6.01 Å². The van der Waals surface area contributed by atoms with Crippen LogP contribution in [0.1, 0.15) is 35.6 Å². The number of amides is 1. The molecule has 3 rings (SSSR count). The van der Waals surface area contributed by atoms with E-state index >= 15 is 0 Å². The molecule has 1 aromatic heterocycles. The minimum absolute atomic E-state index is 0.0520. The van der Waals surface area contributed by atoms with Crippen LogP contribution in [0.5, 0.6) is 11.9 Å². The van der Waals surface area contributed by atoms with E-state index in [-0.39, 0.29) is 18.0 Å². The topological polar surface area (TPSA) is 73.3 Å². The molecule has 1 N–H and O–H groups in total. The molecule has 1 aliphatic rings. The number of hydrogen-bond donors (Lipinski definition) is 1. The molecule has 6 heteroatoms. The molecule has 2 aromatic rings. The molecule has 1 unspecified atom stereocenters. The van der Waals surface area contributed by atoms with E-state index in [0.717, 1.165) is 19.3 Å². The minimum atomic E-state index is -0.153. The van der Waals surface area contributed by atoms with Gasteiger partial charge in [0.05, 0.1) is 25.8 Å². The molecule has 0 saturated heterocycles. The lowest BCUT2D eigenvalue weighted by Gasteiger charge is -2.25. The maximum Gasteiger partial charge on any atom is 0.319 e. The van der Waals surface area contributed by atoms with Crippen LogP contribution >= 0.6 is 0 Å². The Labute approximate surface area is 146 Å². The summed E-state index contributed by atoms with van der Waals surface area (Å²) in [7, 11) is 3.00. The lowest BCUT2D eigenvalue weighted by molar-refractivity contribution is -0.117. The van der Waals surface area contributed by atoms with Crippen molar-refractivity contribution in [3.8, 4) is 11.9 Å². The molecular formula is C19H21N3O3. The second-order valence-electron chi connectivity index (χ2n) is 5.81. The van der Waals surface area contributed by atoms with Gasteiger partial charge in [0.15, 0.2) is 0 Å². The number of nitrogens with one attached hydrogen (secondary N) is 1. The van der Waals surface area contributed by atoms with Crippen molar-refractivity contribution >= 4 is 12.0 Å². The minimum Gasteiger partial charge on any atom is -0.480 e. The summed E-state index contributed by atoms with van der Waals surface area (Å²) in [6, 6.07) is 8.54. The average molecular weight is 339 g/mol. The fourth-order valence-corrected chi connectivity index (χ4v) is 3.03. The average Bonchev–Trinajstić information content (AvgIpc) is 2.66. The Hall–Kier alpha value is -2.89. The van der Waals surface area contributed by atoms with Crippen LogP contribution in [0.2, 0.25) is 0 Å². The fourth-order valence-electron chi connectivity index (χ4n) is 3.03. The summed E-state index contributed by atoms with van der Waals surface area (Å²) in [5.74, 6) is 0.207. The quantitative estimate of drug-likeness (QED) is 0.848. The molecule has 6 nitrogen and oxygen atoms in total. The van der Waals surface area contributed by atoms with Crippen LogP contribution in [-0.2, 0) is 11.2 Å². The molecule has 0 radical (unpaired) electrons. The third-order valence-electron chi connectivity index (χ3n) is 4.23. The van der Waals surface area contributed by atoms with Gasteiger partial charge in [-0.1, -0.05) is 24.3 Å². The molecular weight excluding hydrogens is 318 g/mol. The smallest absolute Gasteiger partial charge is 0.319 e. The van der Waals surface area contributed by atoms with E-state index in [0.29, 0.717) is 11.4 Å². The number of aryl methyl sites for hydroxylation is 1. The van der Waals surface area contributed by atoms with E-state index in [9.17, 15) is 4.79 Å². The van der Waals surface area contributed by atoms with Crippen molar-refractivity contribution in [2.75, 3.05) is 14.2 Å². The summed E-state index contributed by atoms with van der Waals surface area (Å²) >= 11 is 0. The summed E-state index contributed by atoms with van der Waals surface area (Å²) < 4.78 is 10.2. The predicted molar refractivity (Wildman–Crippen MR) is 94.4 cm³/mol. The molecule has 1 aliphatic carbocycles. The zero-order valence-corrected chi connectivity index (χ0v) is 14.4. The lowest BCUT2D eigenvalue weighted by atomic mass is 9.88. The molecule has 1 aromatic carbocycles. The molecule has 0 aliphatic heterocycles. The SMILES string of the molecule is COc1ncc(/C=C/C(=O)NC2CCCc3ccccc32)c(OC)n1. The maximum absolute atomic E-state index is 12.3. The predicted octanol–water partition coefficient (Wildman–Crippen LogP) is 2.70. The number of hydrogen-bond acceptors (Lipinski definition) is 5. The van der Waals surface area contributed by atoms with E-state index < -0.39 is 0 Å². The van der Waals surface area contributed by atoms with Crippen molar-refractivity contribution in [2.45, 2.75) is 25.3 Å². The van der Waals surface area contributed by atoms with Gasteiger partial charge in [-0.3, -0.25) is 4.79 Å². The number of methoxy groups -OCH3 is 2. The van der Waals surface area contributed by atoms with Gasteiger partial charge < -0.3 is 14.8 Å². The Bertz CT molecular complexity index is 789. The molecule has 1 atom stereocenters. The van der Waals surface area contributed by atoms with E-state index in [2.05, 4.69) is 27.4 Å². The first-order valence-corrected chi connectivity index (χ1v) is 8.22. The zero-order valence-electron chi connectivity index (χ0n) is 14.4. The number of ether oxygens (including phenoxy) is 2. The number of carbonyl (C=O) groups is 1. The summed E-state index contributed by atoms with van der Waals surface area (Å²) in [6.07, 6.45) is 7.77. The highest BCUT2D eigenvalue weighted by Gasteiger charge is 2.20. The fraction of sp³-hybridized carbons (Fsp3) is 0.316. The van der Waals surface area contributed by atoms with Crippen LogP contribution in [0.4, 0.5) is 0 Å². The van der Waals surface area contributed by atoms with E-state index in [4.69, 9.17) is 9.47 Å². The molecule has 0 saturated carbocycles. The highest BCUT2D eigenvalue weighted by atomic mass is 16.5. The van der Waals surface area contributed by atoms with Gasteiger partial charge in [-0.2, -0.15) is 4.98 Å². The van der Waals surface area contributed by atoms with E-state index in [1.807, 2.05) is 12.1 Å². The van der Waals surface area contributed by atoms with Crippen LogP contribution < -0.4 is 14.8 Å². The Morgan fingerprint density at radius 1 is 1.28 bits per heavy atom. The van der Waals surface area contributed by atoms with Crippen molar-refractivity contribution in [3.05, 3.63) is 53.2 Å². The highest BCUT2D eigenvalue weighted by molar-refractivity contribution is 5.92. The highest BCUT2D eigenvalue weighted by Crippen LogP contribution is 2.29. The Kier molecular flexibility index (Phi) is 5.28. The molecule has 0 spiro atoms. The summed E-state index contributed by atoms with van der Waals surface area (Å²) in [5, 5.41) is 3.07. The van der Waals surface area contributed by atoms with Gasteiger partial charge in [-0.25, -0.2) is 4.98 Å². The molecule has 0 bridgehead atoms. The summed E-state index contributed by atoms with van der Waals surface area (Å²) in [4.78, 5) is 20.4. The van der Waals surface area contributed by atoms with E-state index in [1.165, 1.54) is 31.4 Å². The first-order chi connectivity index (χ1) is 12.2. The Morgan fingerprint density at radius 2 is 2.12 bits per heavy atom. The van der Waals surface area contributed by atoms with Gasteiger partial charge in [0, 0.05) is 12.3 Å². The molecule has 1 heterocycles. The third-order valence-corrected chi connectivity index (χ3v) is 4.23. The number of carbonyl (C=O) groups excluding carboxylic acids is 1. The van der Waals surface area contributed by atoms with Gasteiger partial charge in [0.25, 0.3) is 0 Å². The standard InChI is InChI=1S/C19H21N3O3/c1-24-18-14(12-20-19(22-18)25-2)10-11-17(23)21-16-9-5-7-13-6-3-4-8-15(13)16/h3-4,6,8,10-12,16H,5,7,9H2,1-2H3,(H,21,23)/b11-10+. The van der Waals surface area contributed by atoms with Crippen LogP contribution in [0, 0.1) is 0 Å². The summed E-state index contributed by atoms with van der Waals surface area (Å²) in [6.45, 7) is 0. The number of nitrogens with zero attached hydrogens (tertiary/aromatic N) is 2. The maximum atomic E-state index is 12.3. The van der Waals surface area contributed by atoms with E-state index in [1.54, 1.807) is 12.3 Å². The van der Waals surface area contributed by atoms with Crippen molar-refractivity contribution in [1.29, 1.82) is 0 Å². The second-order valence-corrected chi connectivity index (χ2v) is 5.81. The van der Waals surface area contributed by atoms with Crippen molar-refractivity contribution < 1.29 is 14.3 Å². The lowest BCUT2D eigenvalue weighted by Crippen LogP contribution is -2.29. The van der Waals surface area contributed by atoms with Crippen LogP contribution in [0.15, 0.2) is 36.5 Å². The van der Waals surface area contributed by atoms with Crippen LogP contribution in [-0.4, -0.2) is 30.1 Å². The van der Waals surface area contributed by atoms with Gasteiger partial charge in [-0.15, -0.1) is 0 Å². The third kappa shape index (κ3) is 3.96. The van der Waals surface area contributed by atoms with Crippen molar-refractivity contribution in [1.82, 2.24) is 15.3 Å². The molecule has 0 fully saturated rings. The first kappa shape index (κ1) is 17.0. The van der Waals surface area contributed by atoms with Crippen molar-refractivity contribution in [2.24, 2.45) is 0 Å². The monoisotopic (exact) mass is 339 g/mol. The Morgan fingerprint density at radius 3 is 2.92 bits per heavy atom. The molecule has 1 amide bonds. The second kappa shape index (κ2) is 7.79. The van der Waals surface area contributed by atoms with Crippen LogP contribution in [0.25, 0.3) is 6.08 Å². The number of benzene rings is 1. The molecule has 25 heavy (non-hydrogen) atoms. The van der Waals surface area contributed by atoms with Crippen LogP contribution in [0.3, 0.4) is 0 Å². The number of aromatic nitrogens is 2. The van der Waals surface area contributed by atoms with Crippen molar-refractivity contribution in [3.63, 3.8) is 0 Å². The number of rotatable bonds is 5. The zero-order chi connectivity index (χ0) is 17.6. The molecule has 130 valence electrons. The summed E-state index contributed by atoms with van der Waals surface area (Å²) in [5.41, 5.74) is 3.14. The van der Waals surface area contributed by atoms with Gasteiger partial charge in [-0.05, 0) is 36.5 Å². The first-order valence-electron chi connectivity index (χ1n) is 8.22. The van der Waals surface area contributed by atoms with Gasteiger partial charge in [0.2, 0.25) is 11.8 Å². The van der Waals surface area contributed by atoms with Gasteiger partial charge in [0.1, 0.15) is 0 Å².